The number of fused-ring (bicyclic) bond motifs is 2. The molecule has 1 heterocycles. The first-order chi connectivity index (χ1) is 13.6. The predicted octanol–water partition coefficient (Wildman–Crippen LogP) is 3.69. The van der Waals surface area contributed by atoms with Crippen molar-refractivity contribution in [2.75, 3.05) is 27.2 Å². The predicted molar refractivity (Wildman–Crippen MR) is 108 cm³/mol. The maximum absolute atomic E-state index is 12.4. The van der Waals surface area contributed by atoms with Crippen LogP contribution in [-0.2, 0) is 6.42 Å². The molecule has 1 unspecified atom stereocenters. The number of hydrogen-bond donors (Lipinski definition) is 0. The fraction of sp³-hybridized carbons (Fsp3) is 0.391. The molecular weight excluding hydrogens is 352 g/mol. The highest BCUT2D eigenvalue weighted by atomic mass is 16.5. The second-order valence-corrected chi connectivity index (χ2v) is 7.74. The highest BCUT2D eigenvalue weighted by Crippen LogP contribution is 2.35. The van der Waals surface area contributed by atoms with E-state index in [0.29, 0.717) is 36.7 Å². The van der Waals surface area contributed by atoms with Gasteiger partial charge in [0, 0.05) is 12.6 Å². The van der Waals surface area contributed by atoms with Gasteiger partial charge in [-0.05, 0) is 75.2 Å². The van der Waals surface area contributed by atoms with Gasteiger partial charge in [-0.2, -0.15) is 0 Å². The Bertz CT molecular complexity index is 871. The molecule has 2 amide bonds. The Labute approximate surface area is 165 Å². The normalized spacial score (nSPS) is 18.4. The average molecular weight is 378 g/mol. The largest absolute Gasteiger partial charge is 0.494 e. The van der Waals surface area contributed by atoms with Crippen LogP contribution < -0.4 is 4.74 Å². The summed E-state index contributed by atoms with van der Waals surface area (Å²) in [7, 11) is 4.24. The molecule has 2 aromatic rings. The number of nitrogens with zero attached hydrogens (tertiary/aromatic N) is 2. The van der Waals surface area contributed by atoms with Crippen LogP contribution in [0.1, 0.15) is 57.1 Å². The van der Waals surface area contributed by atoms with Crippen molar-refractivity contribution in [3.05, 3.63) is 64.7 Å². The van der Waals surface area contributed by atoms with Gasteiger partial charge in [-0.25, -0.2) is 0 Å². The number of imide groups is 1. The summed E-state index contributed by atoms with van der Waals surface area (Å²) in [4.78, 5) is 28.4. The molecule has 5 heteroatoms. The van der Waals surface area contributed by atoms with Gasteiger partial charge in [0.05, 0.1) is 17.7 Å². The van der Waals surface area contributed by atoms with E-state index in [9.17, 15) is 9.59 Å². The first-order valence-electron chi connectivity index (χ1n) is 9.93. The molecular formula is C23H26N2O3. The van der Waals surface area contributed by atoms with Gasteiger partial charge in [0.1, 0.15) is 5.75 Å². The van der Waals surface area contributed by atoms with Gasteiger partial charge in [-0.3, -0.25) is 14.5 Å². The molecule has 0 saturated heterocycles. The highest BCUT2D eigenvalue weighted by Gasteiger charge is 2.34. The molecule has 5 nitrogen and oxygen atoms in total. The molecule has 2 aromatic carbocycles. The Balaban J connectivity index is 1.35. The van der Waals surface area contributed by atoms with Crippen LogP contribution in [0.25, 0.3) is 0 Å². The standard InChI is InChI=1S/C23H26N2O3/c1-24(2)21-10-5-7-16-11-12-17(15-20(16)21)28-14-6-13-25-22(26)18-8-3-4-9-19(18)23(25)27/h3-4,8-9,11-12,15,21H,5-7,10,13-14H2,1-2H3. The van der Waals surface area contributed by atoms with Crippen molar-refractivity contribution in [2.45, 2.75) is 31.7 Å². The van der Waals surface area contributed by atoms with Crippen molar-refractivity contribution in [1.82, 2.24) is 9.80 Å². The lowest BCUT2D eigenvalue weighted by Gasteiger charge is -2.31. The van der Waals surface area contributed by atoms with E-state index >= 15 is 0 Å². The molecule has 1 aliphatic heterocycles. The number of aryl methyl sites for hydroxylation is 1. The van der Waals surface area contributed by atoms with E-state index in [1.165, 1.54) is 28.9 Å². The first-order valence-corrected chi connectivity index (χ1v) is 9.93. The molecule has 0 N–H and O–H groups in total. The van der Waals surface area contributed by atoms with E-state index in [2.05, 4.69) is 31.1 Å². The molecule has 0 fully saturated rings. The summed E-state index contributed by atoms with van der Waals surface area (Å²) in [5.74, 6) is 0.446. The highest BCUT2D eigenvalue weighted by molar-refractivity contribution is 6.21. The van der Waals surface area contributed by atoms with Crippen molar-refractivity contribution in [3.63, 3.8) is 0 Å². The van der Waals surface area contributed by atoms with Crippen LogP contribution in [0.3, 0.4) is 0 Å². The van der Waals surface area contributed by atoms with Crippen molar-refractivity contribution >= 4 is 11.8 Å². The average Bonchev–Trinajstić information content (AvgIpc) is 2.95. The summed E-state index contributed by atoms with van der Waals surface area (Å²) in [5, 5.41) is 0. The fourth-order valence-electron chi connectivity index (χ4n) is 4.23. The van der Waals surface area contributed by atoms with Crippen LogP contribution in [0, 0.1) is 0 Å². The number of carbonyl (C=O) groups is 2. The Morgan fingerprint density at radius 2 is 1.79 bits per heavy atom. The summed E-state index contributed by atoms with van der Waals surface area (Å²) in [6, 6.07) is 13.8. The molecule has 28 heavy (non-hydrogen) atoms. The zero-order valence-corrected chi connectivity index (χ0v) is 16.5. The van der Waals surface area contributed by atoms with Crippen molar-refractivity contribution < 1.29 is 14.3 Å². The minimum absolute atomic E-state index is 0.205. The van der Waals surface area contributed by atoms with Gasteiger partial charge >= 0.3 is 0 Å². The van der Waals surface area contributed by atoms with Gasteiger partial charge in [-0.15, -0.1) is 0 Å². The lowest BCUT2D eigenvalue weighted by molar-refractivity contribution is 0.0646. The maximum Gasteiger partial charge on any atom is 0.261 e. The zero-order chi connectivity index (χ0) is 19.7. The molecule has 0 saturated carbocycles. The topological polar surface area (TPSA) is 49.9 Å². The third kappa shape index (κ3) is 3.42. The molecule has 0 bridgehead atoms. The summed E-state index contributed by atoms with van der Waals surface area (Å²) in [5.41, 5.74) is 3.76. The molecule has 2 aliphatic rings. The van der Waals surface area contributed by atoms with Crippen LogP contribution in [-0.4, -0.2) is 48.9 Å². The third-order valence-corrected chi connectivity index (χ3v) is 5.70. The Morgan fingerprint density at radius 3 is 2.46 bits per heavy atom. The zero-order valence-electron chi connectivity index (χ0n) is 16.5. The van der Waals surface area contributed by atoms with E-state index in [0.717, 1.165) is 12.2 Å². The van der Waals surface area contributed by atoms with E-state index in [1.807, 2.05) is 6.07 Å². The smallest absolute Gasteiger partial charge is 0.261 e. The van der Waals surface area contributed by atoms with Gasteiger partial charge in [-0.1, -0.05) is 18.2 Å². The van der Waals surface area contributed by atoms with Gasteiger partial charge in [0.2, 0.25) is 0 Å². The van der Waals surface area contributed by atoms with Crippen molar-refractivity contribution in [2.24, 2.45) is 0 Å². The molecule has 4 rings (SSSR count). The van der Waals surface area contributed by atoms with Gasteiger partial charge in [0.15, 0.2) is 0 Å². The second-order valence-electron chi connectivity index (χ2n) is 7.74. The molecule has 146 valence electrons. The molecule has 0 spiro atoms. The number of ether oxygens (including phenoxy) is 1. The fourth-order valence-corrected chi connectivity index (χ4v) is 4.23. The Morgan fingerprint density at radius 1 is 1.07 bits per heavy atom. The van der Waals surface area contributed by atoms with Crippen LogP contribution in [0.4, 0.5) is 0 Å². The summed E-state index contributed by atoms with van der Waals surface area (Å²) in [6.07, 6.45) is 4.12. The second kappa shape index (κ2) is 7.76. The minimum Gasteiger partial charge on any atom is -0.494 e. The number of amides is 2. The molecule has 0 radical (unpaired) electrons. The number of hydrogen-bond acceptors (Lipinski definition) is 4. The van der Waals surface area contributed by atoms with Crippen molar-refractivity contribution in [3.8, 4) is 5.75 Å². The van der Waals surface area contributed by atoms with E-state index in [1.54, 1.807) is 24.3 Å². The monoisotopic (exact) mass is 378 g/mol. The number of carbonyl (C=O) groups excluding carboxylic acids is 2. The number of benzene rings is 2. The van der Waals surface area contributed by atoms with E-state index in [-0.39, 0.29) is 11.8 Å². The molecule has 1 atom stereocenters. The van der Waals surface area contributed by atoms with Crippen LogP contribution in [0.15, 0.2) is 42.5 Å². The lowest BCUT2D eigenvalue weighted by atomic mass is 9.87. The van der Waals surface area contributed by atoms with Crippen LogP contribution in [0.5, 0.6) is 5.75 Å². The maximum atomic E-state index is 12.4. The Kier molecular flexibility index (Phi) is 5.18. The molecule has 1 aliphatic carbocycles. The van der Waals surface area contributed by atoms with Crippen LogP contribution >= 0.6 is 0 Å². The Hall–Kier alpha value is -2.66. The van der Waals surface area contributed by atoms with Crippen molar-refractivity contribution in [1.29, 1.82) is 0 Å². The lowest BCUT2D eigenvalue weighted by Crippen LogP contribution is -2.31. The van der Waals surface area contributed by atoms with E-state index in [4.69, 9.17) is 4.74 Å². The third-order valence-electron chi connectivity index (χ3n) is 5.70. The van der Waals surface area contributed by atoms with Gasteiger partial charge < -0.3 is 9.64 Å². The quantitative estimate of drug-likeness (QED) is 0.568. The van der Waals surface area contributed by atoms with Crippen LogP contribution in [0.2, 0.25) is 0 Å². The minimum atomic E-state index is -0.205. The van der Waals surface area contributed by atoms with E-state index < -0.39 is 0 Å². The van der Waals surface area contributed by atoms with Gasteiger partial charge in [0.25, 0.3) is 11.8 Å². The SMILES string of the molecule is CN(C)C1CCCc2ccc(OCCCN3C(=O)c4ccccc4C3=O)cc21. The summed E-state index contributed by atoms with van der Waals surface area (Å²) in [6.45, 7) is 0.844. The first kappa shape index (κ1) is 18.7. The summed E-state index contributed by atoms with van der Waals surface area (Å²) < 4.78 is 5.94. The molecule has 0 aromatic heterocycles. The summed E-state index contributed by atoms with van der Waals surface area (Å²) >= 11 is 0. The number of rotatable bonds is 6.